The standard InChI is InChI=1S/C17H23ClN2O3/c1-12(23-2)11-19-16(21)13-7-9-20(10-8-13)17(22)14-3-5-15(18)6-4-14/h3-6,12-13H,7-11H2,1-2H3,(H,19,21)/t12-/m0/s1. The van der Waals surface area contributed by atoms with Crippen molar-refractivity contribution in [2.24, 2.45) is 5.92 Å². The SMILES string of the molecule is CO[C@@H](C)CNC(=O)C1CCN(C(=O)c2ccc(Cl)cc2)CC1. The number of amides is 2. The summed E-state index contributed by atoms with van der Waals surface area (Å²) >= 11 is 5.84. The molecule has 6 heteroatoms. The van der Waals surface area contributed by atoms with Gasteiger partial charge in [0.25, 0.3) is 5.91 Å². The van der Waals surface area contributed by atoms with Crippen LogP contribution in [0.3, 0.4) is 0 Å². The van der Waals surface area contributed by atoms with E-state index >= 15 is 0 Å². The average molecular weight is 339 g/mol. The first-order valence-electron chi connectivity index (χ1n) is 7.86. The second-order valence-corrected chi connectivity index (χ2v) is 6.30. The average Bonchev–Trinajstić information content (AvgIpc) is 2.59. The number of carbonyl (C=O) groups excluding carboxylic acids is 2. The van der Waals surface area contributed by atoms with Gasteiger partial charge < -0.3 is 15.0 Å². The first-order valence-corrected chi connectivity index (χ1v) is 8.24. The van der Waals surface area contributed by atoms with E-state index in [9.17, 15) is 9.59 Å². The van der Waals surface area contributed by atoms with E-state index < -0.39 is 0 Å². The molecule has 0 saturated carbocycles. The first kappa shape index (κ1) is 17.8. The molecule has 2 rings (SSSR count). The van der Waals surface area contributed by atoms with Crippen molar-refractivity contribution in [3.63, 3.8) is 0 Å². The molecule has 0 spiro atoms. The maximum atomic E-state index is 12.4. The zero-order chi connectivity index (χ0) is 16.8. The number of nitrogens with zero attached hydrogens (tertiary/aromatic N) is 1. The van der Waals surface area contributed by atoms with Crippen molar-refractivity contribution in [1.29, 1.82) is 0 Å². The number of ether oxygens (including phenoxy) is 1. The molecule has 0 aromatic heterocycles. The molecular formula is C17H23ClN2O3. The predicted octanol–water partition coefficient (Wildman–Crippen LogP) is 2.34. The molecule has 1 saturated heterocycles. The maximum Gasteiger partial charge on any atom is 0.253 e. The number of piperidine rings is 1. The Morgan fingerprint density at radius 3 is 2.48 bits per heavy atom. The van der Waals surface area contributed by atoms with Crippen LogP contribution in [-0.4, -0.2) is 49.6 Å². The Labute approximate surface area is 141 Å². The Bertz CT molecular complexity index is 539. The molecule has 5 nitrogen and oxygen atoms in total. The highest BCUT2D eigenvalue weighted by Crippen LogP contribution is 2.20. The van der Waals surface area contributed by atoms with Crippen LogP contribution in [-0.2, 0) is 9.53 Å². The van der Waals surface area contributed by atoms with Crippen molar-refractivity contribution in [1.82, 2.24) is 10.2 Å². The number of rotatable bonds is 5. The van der Waals surface area contributed by atoms with E-state index in [1.807, 2.05) is 6.92 Å². The van der Waals surface area contributed by atoms with Crippen LogP contribution in [0, 0.1) is 5.92 Å². The van der Waals surface area contributed by atoms with Gasteiger partial charge in [-0.25, -0.2) is 0 Å². The largest absolute Gasteiger partial charge is 0.380 e. The van der Waals surface area contributed by atoms with Gasteiger partial charge in [-0.05, 0) is 44.0 Å². The number of methoxy groups -OCH3 is 1. The van der Waals surface area contributed by atoms with Gasteiger partial charge >= 0.3 is 0 Å². The molecule has 0 unspecified atom stereocenters. The highest BCUT2D eigenvalue weighted by atomic mass is 35.5. The summed E-state index contributed by atoms with van der Waals surface area (Å²) in [6.45, 7) is 3.62. The monoisotopic (exact) mass is 338 g/mol. The lowest BCUT2D eigenvalue weighted by atomic mass is 9.95. The Kier molecular flexibility index (Phi) is 6.42. The number of nitrogens with one attached hydrogen (secondary N) is 1. The van der Waals surface area contributed by atoms with Crippen molar-refractivity contribution in [2.75, 3.05) is 26.7 Å². The number of hydrogen-bond acceptors (Lipinski definition) is 3. The van der Waals surface area contributed by atoms with Crippen molar-refractivity contribution in [2.45, 2.75) is 25.9 Å². The van der Waals surface area contributed by atoms with Gasteiger partial charge in [0.2, 0.25) is 5.91 Å². The van der Waals surface area contributed by atoms with Crippen LogP contribution in [0.1, 0.15) is 30.1 Å². The zero-order valence-electron chi connectivity index (χ0n) is 13.5. The Balaban J connectivity index is 1.82. The predicted molar refractivity (Wildman–Crippen MR) is 89.6 cm³/mol. The summed E-state index contributed by atoms with van der Waals surface area (Å²) in [7, 11) is 1.62. The van der Waals surface area contributed by atoms with Gasteiger partial charge in [-0.3, -0.25) is 9.59 Å². The maximum absolute atomic E-state index is 12.4. The molecule has 0 aliphatic carbocycles. The van der Waals surface area contributed by atoms with Crippen molar-refractivity contribution >= 4 is 23.4 Å². The summed E-state index contributed by atoms with van der Waals surface area (Å²) in [5, 5.41) is 3.52. The van der Waals surface area contributed by atoms with Crippen LogP contribution in [0.4, 0.5) is 0 Å². The summed E-state index contributed by atoms with van der Waals surface area (Å²) in [5.41, 5.74) is 0.631. The summed E-state index contributed by atoms with van der Waals surface area (Å²) in [5.74, 6) is 0.00865. The molecule has 1 heterocycles. The van der Waals surface area contributed by atoms with Gasteiger partial charge in [-0.2, -0.15) is 0 Å². The van der Waals surface area contributed by atoms with Crippen molar-refractivity contribution in [3.8, 4) is 0 Å². The normalized spacial score (nSPS) is 16.9. The molecule has 1 aromatic rings. The molecule has 1 aromatic carbocycles. The smallest absolute Gasteiger partial charge is 0.253 e. The quantitative estimate of drug-likeness (QED) is 0.896. The molecule has 126 valence electrons. The van der Waals surface area contributed by atoms with E-state index in [0.717, 1.165) is 0 Å². The highest BCUT2D eigenvalue weighted by molar-refractivity contribution is 6.30. The molecule has 1 aliphatic rings. The Morgan fingerprint density at radius 1 is 1.30 bits per heavy atom. The highest BCUT2D eigenvalue weighted by Gasteiger charge is 2.27. The molecule has 1 atom stereocenters. The molecule has 1 aliphatic heterocycles. The van der Waals surface area contributed by atoms with E-state index in [1.165, 1.54) is 0 Å². The molecular weight excluding hydrogens is 316 g/mol. The second kappa shape index (κ2) is 8.31. The third kappa shape index (κ3) is 4.94. The van der Waals surface area contributed by atoms with E-state index in [2.05, 4.69) is 5.32 Å². The van der Waals surface area contributed by atoms with Gasteiger partial charge in [0.05, 0.1) is 6.10 Å². The minimum Gasteiger partial charge on any atom is -0.380 e. The summed E-state index contributed by atoms with van der Waals surface area (Å²) in [6, 6.07) is 6.89. The van der Waals surface area contributed by atoms with Gasteiger partial charge in [-0.15, -0.1) is 0 Å². The summed E-state index contributed by atoms with van der Waals surface area (Å²) in [4.78, 5) is 26.3. The fourth-order valence-electron chi connectivity index (χ4n) is 2.59. The van der Waals surface area contributed by atoms with Gasteiger partial charge in [0, 0.05) is 43.2 Å². The zero-order valence-corrected chi connectivity index (χ0v) is 14.3. The molecule has 0 bridgehead atoms. The van der Waals surface area contributed by atoms with Crippen LogP contribution < -0.4 is 5.32 Å². The fraction of sp³-hybridized carbons (Fsp3) is 0.529. The Hall–Kier alpha value is -1.59. The van der Waals surface area contributed by atoms with Crippen LogP contribution in [0.5, 0.6) is 0 Å². The van der Waals surface area contributed by atoms with E-state index in [0.29, 0.717) is 43.1 Å². The molecule has 1 N–H and O–H groups in total. The van der Waals surface area contributed by atoms with E-state index in [-0.39, 0.29) is 23.8 Å². The van der Waals surface area contributed by atoms with Crippen molar-refractivity contribution < 1.29 is 14.3 Å². The lowest BCUT2D eigenvalue weighted by molar-refractivity contribution is -0.126. The number of halogens is 1. The first-order chi connectivity index (χ1) is 11.0. The molecule has 2 amide bonds. The second-order valence-electron chi connectivity index (χ2n) is 5.86. The molecule has 0 radical (unpaired) electrons. The van der Waals surface area contributed by atoms with E-state index in [4.69, 9.17) is 16.3 Å². The van der Waals surface area contributed by atoms with E-state index in [1.54, 1.807) is 36.3 Å². The fourth-order valence-corrected chi connectivity index (χ4v) is 2.72. The van der Waals surface area contributed by atoms with Crippen LogP contribution in [0.15, 0.2) is 24.3 Å². The van der Waals surface area contributed by atoms with Crippen LogP contribution in [0.25, 0.3) is 0 Å². The minimum atomic E-state index is -0.0340. The van der Waals surface area contributed by atoms with Crippen LogP contribution in [0.2, 0.25) is 5.02 Å². The van der Waals surface area contributed by atoms with Gasteiger partial charge in [0.1, 0.15) is 0 Å². The number of carbonyl (C=O) groups is 2. The third-order valence-electron chi connectivity index (χ3n) is 4.21. The van der Waals surface area contributed by atoms with Gasteiger partial charge in [-0.1, -0.05) is 11.6 Å². The summed E-state index contributed by atoms with van der Waals surface area (Å²) in [6.07, 6.45) is 1.38. The number of likely N-dealkylation sites (tertiary alicyclic amines) is 1. The van der Waals surface area contributed by atoms with Crippen molar-refractivity contribution in [3.05, 3.63) is 34.9 Å². The van der Waals surface area contributed by atoms with Gasteiger partial charge in [0.15, 0.2) is 0 Å². The molecule has 23 heavy (non-hydrogen) atoms. The lowest BCUT2D eigenvalue weighted by Crippen LogP contribution is -2.44. The molecule has 1 fully saturated rings. The summed E-state index contributed by atoms with van der Waals surface area (Å²) < 4.78 is 5.12. The third-order valence-corrected chi connectivity index (χ3v) is 4.46. The number of benzene rings is 1. The van der Waals surface area contributed by atoms with Crippen LogP contribution >= 0.6 is 11.6 Å². The minimum absolute atomic E-state index is 0.00511. The Morgan fingerprint density at radius 2 is 1.91 bits per heavy atom. The number of hydrogen-bond donors (Lipinski definition) is 1. The lowest BCUT2D eigenvalue weighted by Gasteiger charge is -2.31. The topological polar surface area (TPSA) is 58.6 Å².